The van der Waals surface area contributed by atoms with Gasteiger partial charge in [-0.15, -0.1) is 0 Å². The highest BCUT2D eigenvalue weighted by atomic mass is 19.1. The molecule has 162 valence electrons. The van der Waals surface area contributed by atoms with Crippen molar-refractivity contribution in [2.24, 2.45) is 7.05 Å². The minimum absolute atomic E-state index is 0.244. The SMILES string of the molecule is Cn1cc(-c2ccc(N3CCC(c4cc(F)cc(F)c4)C3=O)cc2F)c2c(N)ncnc21. The first kappa shape index (κ1) is 20.0. The van der Waals surface area contributed by atoms with E-state index in [4.69, 9.17) is 5.73 Å². The van der Waals surface area contributed by atoms with Gasteiger partial charge in [-0.05, 0) is 42.3 Å². The molecule has 2 aromatic carbocycles. The highest BCUT2D eigenvalue weighted by Crippen LogP contribution is 2.37. The van der Waals surface area contributed by atoms with E-state index in [2.05, 4.69) is 9.97 Å². The van der Waals surface area contributed by atoms with Crippen molar-refractivity contribution in [1.82, 2.24) is 14.5 Å². The summed E-state index contributed by atoms with van der Waals surface area (Å²) in [7, 11) is 1.78. The molecule has 2 N–H and O–H groups in total. The second-order valence-corrected chi connectivity index (χ2v) is 7.81. The predicted octanol–water partition coefficient (Wildman–Crippen LogP) is 4.16. The van der Waals surface area contributed by atoms with E-state index in [0.717, 1.165) is 18.2 Å². The zero-order valence-corrected chi connectivity index (χ0v) is 17.0. The van der Waals surface area contributed by atoms with Crippen molar-refractivity contribution in [1.29, 1.82) is 0 Å². The first-order valence-electron chi connectivity index (χ1n) is 9.96. The summed E-state index contributed by atoms with van der Waals surface area (Å²) in [5, 5.41) is 0.548. The monoisotopic (exact) mass is 437 g/mol. The number of fused-ring (bicyclic) bond motifs is 1. The standard InChI is InChI=1S/C23H18F3N5O/c1-30-10-18(20-21(27)28-11-29-22(20)30)17-3-2-15(9-19(17)26)31-5-4-16(23(31)32)12-6-13(24)8-14(25)7-12/h2-3,6-11,16H,4-5H2,1H3,(H2,27,28,29). The summed E-state index contributed by atoms with van der Waals surface area (Å²) in [5.41, 5.74) is 8.08. The number of nitrogens with two attached hydrogens (primary N) is 1. The highest BCUT2D eigenvalue weighted by Gasteiger charge is 2.34. The van der Waals surface area contributed by atoms with Gasteiger partial charge in [0.05, 0.1) is 11.3 Å². The molecule has 0 saturated carbocycles. The summed E-state index contributed by atoms with van der Waals surface area (Å²) in [6.45, 7) is 0.315. The van der Waals surface area contributed by atoms with Crippen LogP contribution < -0.4 is 10.6 Å². The molecule has 1 fully saturated rings. The second kappa shape index (κ2) is 7.37. The maximum atomic E-state index is 15.2. The molecule has 1 atom stereocenters. The summed E-state index contributed by atoms with van der Waals surface area (Å²) in [6.07, 6.45) is 3.45. The third-order valence-corrected chi connectivity index (χ3v) is 5.83. The molecule has 0 bridgehead atoms. The summed E-state index contributed by atoms with van der Waals surface area (Å²) >= 11 is 0. The third-order valence-electron chi connectivity index (χ3n) is 5.83. The van der Waals surface area contributed by atoms with Gasteiger partial charge in [-0.1, -0.05) is 0 Å². The molecule has 1 amide bonds. The largest absolute Gasteiger partial charge is 0.383 e. The molecule has 6 nitrogen and oxygen atoms in total. The van der Waals surface area contributed by atoms with Crippen LogP contribution in [0.1, 0.15) is 17.9 Å². The summed E-state index contributed by atoms with van der Waals surface area (Å²) < 4.78 is 44.1. The van der Waals surface area contributed by atoms with Gasteiger partial charge >= 0.3 is 0 Å². The molecule has 2 aromatic heterocycles. The molecule has 1 saturated heterocycles. The topological polar surface area (TPSA) is 77.0 Å². The number of carbonyl (C=O) groups is 1. The van der Waals surface area contributed by atoms with Crippen molar-refractivity contribution in [3.05, 3.63) is 71.9 Å². The maximum Gasteiger partial charge on any atom is 0.234 e. The Hall–Kier alpha value is -3.88. The van der Waals surface area contributed by atoms with Crippen molar-refractivity contribution >= 4 is 28.4 Å². The van der Waals surface area contributed by atoms with Crippen LogP contribution in [-0.2, 0) is 11.8 Å². The Morgan fingerprint density at radius 2 is 1.78 bits per heavy atom. The van der Waals surface area contributed by atoms with Crippen molar-refractivity contribution < 1.29 is 18.0 Å². The lowest BCUT2D eigenvalue weighted by Gasteiger charge is -2.18. The number of hydrogen-bond acceptors (Lipinski definition) is 4. The van der Waals surface area contributed by atoms with Crippen LogP contribution in [0.2, 0.25) is 0 Å². The fourth-order valence-electron chi connectivity index (χ4n) is 4.35. The fourth-order valence-corrected chi connectivity index (χ4v) is 4.35. The number of rotatable bonds is 3. The Kier molecular flexibility index (Phi) is 4.61. The van der Waals surface area contributed by atoms with Gasteiger partial charge in [0.2, 0.25) is 5.91 Å². The number of anilines is 2. The Morgan fingerprint density at radius 3 is 2.50 bits per heavy atom. The van der Waals surface area contributed by atoms with E-state index < -0.39 is 23.4 Å². The normalized spacial score (nSPS) is 16.3. The van der Waals surface area contributed by atoms with E-state index in [-0.39, 0.29) is 17.3 Å². The Labute approximate surface area is 181 Å². The van der Waals surface area contributed by atoms with Crippen molar-refractivity contribution in [2.75, 3.05) is 17.2 Å². The number of halogens is 3. The van der Waals surface area contributed by atoms with Crippen LogP contribution in [0.15, 0.2) is 48.9 Å². The van der Waals surface area contributed by atoms with Gasteiger partial charge in [-0.25, -0.2) is 23.1 Å². The van der Waals surface area contributed by atoms with Crippen LogP contribution in [0.4, 0.5) is 24.7 Å². The zero-order valence-electron chi connectivity index (χ0n) is 17.0. The second-order valence-electron chi connectivity index (χ2n) is 7.81. The first-order chi connectivity index (χ1) is 15.3. The third kappa shape index (κ3) is 3.17. The van der Waals surface area contributed by atoms with Crippen LogP contribution in [0, 0.1) is 17.5 Å². The lowest BCUT2D eigenvalue weighted by Crippen LogP contribution is -2.26. The summed E-state index contributed by atoms with van der Waals surface area (Å²) in [5.74, 6) is -2.77. The molecule has 1 aliphatic heterocycles. The van der Waals surface area contributed by atoms with Crippen LogP contribution in [0.25, 0.3) is 22.2 Å². The maximum absolute atomic E-state index is 15.2. The molecule has 32 heavy (non-hydrogen) atoms. The molecule has 4 aromatic rings. The number of hydrogen-bond donors (Lipinski definition) is 1. The quantitative estimate of drug-likeness (QED) is 0.522. The highest BCUT2D eigenvalue weighted by molar-refractivity contribution is 6.02. The molecule has 0 spiro atoms. The summed E-state index contributed by atoms with van der Waals surface area (Å²) in [4.78, 5) is 22.6. The molecule has 9 heteroatoms. The van der Waals surface area contributed by atoms with E-state index in [0.29, 0.717) is 40.8 Å². The molecule has 0 aliphatic carbocycles. The first-order valence-corrected chi connectivity index (χ1v) is 9.96. The van der Waals surface area contributed by atoms with Crippen molar-refractivity contribution in [2.45, 2.75) is 12.3 Å². The van der Waals surface area contributed by atoms with Crippen LogP contribution in [0.3, 0.4) is 0 Å². The number of benzene rings is 2. The number of nitrogens with zero attached hydrogens (tertiary/aromatic N) is 4. The Bertz CT molecular complexity index is 1360. The van der Waals surface area contributed by atoms with E-state index in [1.54, 1.807) is 29.9 Å². The molecule has 3 heterocycles. The van der Waals surface area contributed by atoms with Gasteiger partial charge < -0.3 is 15.2 Å². The number of aryl methyl sites for hydroxylation is 1. The van der Waals surface area contributed by atoms with Crippen molar-refractivity contribution in [3.8, 4) is 11.1 Å². The number of carbonyl (C=O) groups excluding carboxylic acids is 1. The number of nitrogen functional groups attached to an aromatic ring is 1. The average Bonchev–Trinajstić information content (AvgIpc) is 3.28. The molecule has 0 radical (unpaired) electrons. The predicted molar refractivity (Wildman–Crippen MR) is 114 cm³/mol. The van der Waals surface area contributed by atoms with Gasteiger partial charge in [-0.3, -0.25) is 4.79 Å². The Morgan fingerprint density at radius 1 is 1.03 bits per heavy atom. The zero-order chi connectivity index (χ0) is 22.6. The van der Waals surface area contributed by atoms with E-state index in [1.807, 2.05) is 0 Å². The molecular weight excluding hydrogens is 419 g/mol. The lowest BCUT2D eigenvalue weighted by atomic mass is 9.97. The van der Waals surface area contributed by atoms with Crippen LogP contribution in [0.5, 0.6) is 0 Å². The number of amides is 1. The van der Waals surface area contributed by atoms with Gasteiger partial charge in [0.1, 0.15) is 35.2 Å². The van der Waals surface area contributed by atoms with Gasteiger partial charge in [-0.2, -0.15) is 0 Å². The Balaban J connectivity index is 1.49. The molecule has 1 unspecified atom stereocenters. The fraction of sp³-hybridized carbons (Fsp3) is 0.174. The van der Waals surface area contributed by atoms with E-state index in [9.17, 15) is 13.6 Å². The van der Waals surface area contributed by atoms with Gasteiger partial charge in [0, 0.05) is 42.7 Å². The molecule has 5 rings (SSSR count). The number of aromatic nitrogens is 3. The van der Waals surface area contributed by atoms with Gasteiger partial charge in [0.25, 0.3) is 0 Å². The minimum atomic E-state index is -0.736. The smallest absolute Gasteiger partial charge is 0.234 e. The van der Waals surface area contributed by atoms with E-state index in [1.165, 1.54) is 17.3 Å². The molecular formula is C23H18F3N5O. The van der Waals surface area contributed by atoms with Crippen molar-refractivity contribution in [3.63, 3.8) is 0 Å². The lowest BCUT2D eigenvalue weighted by molar-refractivity contribution is -0.118. The van der Waals surface area contributed by atoms with Crippen LogP contribution >= 0.6 is 0 Å². The minimum Gasteiger partial charge on any atom is -0.383 e. The van der Waals surface area contributed by atoms with Crippen LogP contribution in [-0.4, -0.2) is 27.0 Å². The van der Waals surface area contributed by atoms with Gasteiger partial charge in [0.15, 0.2) is 0 Å². The van der Waals surface area contributed by atoms with E-state index >= 15 is 4.39 Å². The molecule has 1 aliphatic rings. The average molecular weight is 437 g/mol. The summed E-state index contributed by atoms with van der Waals surface area (Å²) in [6, 6.07) is 7.58.